The van der Waals surface area contributed by atoms with Gasteiger partial charge in [0.25, 0.3) is 0 Å². The van der Waals surface area contributed by atoms with Crippen molar-refractivity contribution in [2.75, 3.05) is 0 Å². The summed E-state index contributed by atoms with van der Waals surface area (Å²) >= 11 is 2.50. The van der Waals surface area contributed by atoms with Gasteiger partial charge in [0.2, 0.25) is 0 Å². The molecule has 2 atom stereocenters. The van der Waals surface area contributed by atoms with Crippen molar-refractivity contribution in [1.82, 2.24) is 0 Å². The van der Waals surface area contributed by atoms with Gasteiger partial charge in [0.1, 0.15) is 0 Å². The van der Waals surface area contributed by atoms with Crippen molar-refractivity contribution in [3.05, 3.63) is 0 Å². The second-order valence-corrected chi connectivity index (χ2v) is 6.44. The highest BCUT2D eigenvalue weighted by Crippen LogP contribution is 2.27. The minimum Gasteiger partial charge on any atom is -0.233 e. The number of hydrogen-bond acceptors (Lipinski definition) is 2. The molecule has 1 aliphatic rings. The van der Waals surface area contributed by atoms with E-state index < -0.39 is 0 Å². The third-order valence-electron chi connectivity index (χ3n) is 2.00. The summed E-state index contributed by atoms with van der Waals surface area (Å²) in [4.78, 5) is 10.7. The van der Waals surface area contributed by atoms with Crippen LogP contribution in [0.15, 0.2) is 0 Å². The van der Waals surface area contributed by atoms with Crippen LogP contribution in [0.2, 0.25) is 0 Å². The predicted octanol–water partition coefficient (Wildman–Crippen LogP) is 3.48. The summed E-state index contributed by atoms with van der Waals surface area (Å²) in [6.45, 7) is 6.03. The van der Waals surface area contributed by atoms with Crippen LogP contribution in [0, 0.1) is 0 Å². The van der Waals surface area contributed by atoms with E-state index in [0.29, 0.717) is 6.10 Å². The second-order valence-electron chi connectivity index (χ2n) is 4.68. The second kappa shape index (κ2) is 4.94. The van der Waals surface area contributed by atoms with Crippen LogP contribution in [-0.2, 0) is 9.78 Å². The van der Waals surface area contributed by atoms with Crippen LogP contribution >= 0.6 is 22.6 Å². The van der Waals surface area contributed by atoms with E-state index in [1.807, 2.05) is 20.8 Å². The first-order valence-electron chi connectivity index (χ1n) is 4.96. The fourth-order valence-electron chi connectivity index (χ4n) is 1.39. The molecule has 0 aliphatic heterocycles. The number of halogens is 1. The van der Waals surface area contributed by atoms with E-state index in [1.165, 1.54) is 12.8 Å². The quantitative estimate of drug-likeness (QED) is 0.336. The van der Waals surface area contributed by atoms with Crippen molar-refractivity contribution < 1.29 is 9.78 Å². The normalized spacial score (nSPS) is 30.5. The van der Waals surface area contributed by atoms with E-state index in [2.05, 4.69) is 22.6 Å². The molecule has 1 fully saturated rings. The average Bonchev–Trinajstić information content (AvgIpc) is 2.00. The Bertz CT molecular complexity index is 153. The molecule has 0 heterocycles. The molecular formula is C10H19IO2. The third kappa shape index (κ3) is 5.18. The van der Waals surface area contributed by atoms with Gasteiger partial charge < -0.3 is 0 Å². The van der Waals surface area contributed by atoms with E-state index in [4.69, 9.17) is 9.78 Å². The zero-order valence-corrected chi connectivity index (χ0v) is 10.8. The first-order chi connectivity index (χ1) is 5.97. The van der Waals surface area contributed by atoms with E-state index in [1.54, 1.807) is 0 Å². The number of alkyl halides is 1. The standard InChI is InChI=1S/C10H19IO2/c1-10(2,3)13-12-9-6-4-5-8(11)7-9/h8-9H,4-7H2,1-3H3/t8-,9-/m0/s1. The molecule has 1 rings (SSSR count). The van der Waals surface area contributed by atoms with E-state index in [-0.39, 0.29) is 5.60 Å². The van der Waals surface area contributed by atoms with Crippen LogP contribution < -0.4 is 0 Å². The monoisotopic (exact) mass is 298 g/mol. The van der Waals surface area contributed by atoms with Crippen molar-refractivity contribution in [3.8, 4) is 0 Å². The Kier molecular flexibility index (Phi) is 4.45. The summed E-state index contributed by atoms with van der Waals surface area (Å²) in [5, 5.41) is 0. The molecule has 0 saturated heterocycles. The summed E-state index contributed by atoms with van der Waals surface area (Å²) in [5.74, 6) is 0. The van der Waals surface area contributed by atoms with Crippen molar-refractivity contribution in [2.45, 2.75) is 62.1 Å². The van der Waals surface area contributed by atoms with Gasteiger partial charge in [-0.3, -0.25) is 0 Å². The van der Waals surface area contributed by atoms with Gasteiger partial charge in [0.15, 0.2) is 0 Å². The molecule has 0 unspecified atom stereocenters. The summed E-state index contributed by atoms with van der Waals surface area (Å²) in [6.07, 6.45) is 5.20. The Hall–Kier alpha value is 0.650. The molecule has 0 amide bonds. The first-order valence-corrected chi connectivity index (χ1v) is 6.20. The average molecular weight is 298 g/mol. The molecule has 3 heteroatoms. The Labute approximate surface area is 94.4 Å². The SMILES string of the molecule is CC(C)(C)OO[C@H]1CCC[C@H](I)C1. The largest absolute Gasteiger partial charge is 0.233 e. The van der Waals surface area contributed by atoms with Crippen LogP contribution in [0.3, 0.4) is 0 Å². The lowest BCUT2D eigenvalue weighted by Gasteiger charge is -2.27. The van der Waals surface area contributed by atoms with E-state index in [9.17, 15) is 0 Å². The summed E-state index contributed by atoms with van der Waals surface area (Å²) in [6, 6.07) is 0. The maximum absolute atomic E-state index is 5.41. The van der Waals surface area contributed by atoms with E-state index >= 15 is 0 Å². The molecule has 78 valence electrons. The lowest BCUT2D eigenvalue weighted by molar-refractivity contribution is -0.375. The highest BCUT2D eigenvalue weighted by Gasteiger charge is 2.23. The molecule has 0 aromatic heterocycles. The zero-order chi connectivity index (χ0) is 9.90. The van der Waals surface area contributed by atoms with Gasteiger partial charge in [-0.25, -0.2) is 9.78 Å². The Morgan fingerprint density at radius 1 is 1.23 bits per heavy atom. The van der Waals surface area contributed by atoms with Gasteiger partial charge in [-0.05, 0) is 46.5 Å². The fraction of sp³-hybridized carbons (Fsp3) is 1.00. The molecule has 0 bridgehead atoms. The first kappa shape index (κ1) is 11.7. The van der Waals surface area contributed by atoms with Crippen molar-refractivity contribution in [2.24, 2.45) is 0 Å². The third-order valence-corrected chi connectivity index (χ3v) is 3.13. The zero-order valence-electron chi connectivity index (χ0n) is 8.68. The van der Waals surface area contributed by atoms with E-state index in [0.717, 1.165) is 16.8 Å². The number of hydrogen-bond donors (Lipinski definition) is 0. The molecule has 0 aromatic rings. The molecular weight excluding hydrogens is 279 g/mol. The van der Waals surface area contributed by atoms with Gasteiger partial charge in [-0.1, -0.05) is 22.6 Å². The molecule has 0 spiro atoms. The molecule has 0 aromatic carbocycles. The summed E-state index contributed by atoms with van der Waals surface area (Å²) in [7, 11) is 0. The van der Waals surface area contributed by atoms with Crippen molar-refractivity contribution in [1.29, 1.82) is 0 Å². The van der Waals surface area contributed by atoms with Crippen LogP contribution in [0.4, 0.5) is 0 Å². The Balaban J connectivity index is 2.21. The molecule has 1 saturated carbocycles. The molecule has 0 radical (unpaired) electrons. The number of rotatable bonds is 2. The molecule has 13 heavy (non-hydrogen) atoms. The predicted molar refractivity (Wildman–Crippen MR) is 62.0 cm³/mol. The smallest absolute Gasteiger partial charge is 0.0952 e. The van der Waals surface area contributed by atoms with Crippen LogP contribution in [0.25, 0.3) is 0 Å². The van der Waals surface area contributed by atoms with Gasteiger partial charge in [-0.15, -0.1) is 0 Å². The van der Waals surface area contributed by atoms with Crippen molar-refractivity contribution >= 4 is 22.6 Å². The van der Waals surface area contributed by atoms with Crippen molar-refractivity contribution in [3.63, 3.8) is 0 Å². The van der Waals surface area contributed by atoms with Crippen LogP contribution in [-0.4, -0.2) is 15.6 Å². The maximum atomic E-state index is 5.41. The van der Waals surface area contributed by atoms with Gasteiger partial charge in [-0.2, -0.15) is 0 Å². The summed E-state index contributed by atoms with van der Waals surface area (Å²) in [5.41, 5.74) is -0.182. The van der Waals surface area contributed by atoms with Crippen LogP contribution in [0.5, 0.6) is 0 Å². The lowest BCUT2D eigenvalue weighted by Crippen LogP contribution is -2.28. The molecule has 2 nitrogen and oxygen atoms in total. The Morgan fingerprint density at radius 3 is 2.46 bits per heavy atom. The molecule has 0 N–H and O–H groups in total. The topological polar surface area (TPSA) is 18.5 Å². The highest BCUT2D eigenvalue weighted by atomic mass is 127. The minimum absolute atomic E-state index is 0.182. The van der Waals surface area contributed by atoms with Gasteiger partial charge >= 0.3 is 0 Å². The molecule has 1 aliphatic carbocycles. The fourth-order valence-corrected chi connectivity index (χ4v) is 2.40. The van der Waals surface area contributed by atoms with Crippen LogP contribution in [0.1, 0.15) is 46.5 Å². The van der Waals surface area contributed by atoms with Gasteiger partial charge in [0.05, 0.1) is 11.7 Å². The minimum atomic E-state index is -0.182. The highest BCUT2D eigenvalue weighted by molar-refractivity contribution is 14.1. The Morgan fingerprint density at radius 2 is 1.92 bits per heavy atom. The summed E-state index contributed by atoms with van der Waals surface area (Å²) < 4.78 is 0.764. The maximum Gasteiger partial charge on any atom is 0.0952 e. The lowest BCUT2D eigenvalue weighted by atomic mass is 9.98. The van der Waals surface area contributed by atoms with Gasteiger partial charge in [0, 0.05) is 3.92 Å².